The van der Waals surface area contributed by atoms with Gasteiger partial charge in [-0.05, 0) is 32.0 Å². The predicted octanol–water partition coefficient (Wildman–Crippen LogP) is 2.54. The normalized spacial score (nSPS) is 16.2. The molecule has 0 spiro atoms. The van der Waals surface area contributed by atoms with Gasteiger partial charge >= 0.3 is 0 Å². The third kappa shape index (κ3) is 3.01. The van der Waals surface area contributed by atoms with Gasteiger partial charge in [0, 0.05) is 12.0 Å². The van der Waals surface area contributed by atoms with Gasteiger partial charge in [-0.25, -0.2) is 0 Å². The average molecular weight is 284 g/mol. The number of ketones is 1. The lowest BCUT2D eigenvalue weighted by atomic mass is 9.89. The summed E-state index contributed by atoms with van der Waals surface area (Å²) in [6.07, 6.45) is 1.71. The lowest BCUT2D eigenvalue weighted by Crippen LogP contribution is -2.32. The molecule has 0 aliphatic carbocycles. The largest absolute Gasteiger partial charge is 0.496 e. The fourth-order valence-electron chi connectivity index (χ4n) is 2.36. The highest BCUT2D eigenvalue weighted by Crippen LogP contribution is 2.34. The molecule has 1 aromatic carbocycles. The average Bonchev–Trinajstić information content (AvgIpc) is 2.47. The fourth-order valence-corrected chi connectivity index (χ4v) is 2.60. The molecule has 0 unspecified atom stereocenters. The number of rotatable bonds is 4. The Balaban J connectivity index is 2.32. The maximum atomic E-state index is 12.5. The van der Waals surface area contributed by atoms with Gasteiger partial charge in [0.15, 0.2) is 5.78 Å². The van der Waals surface area contributed by atoms with E-state index in [4.69, 9.17) is 21.1 Å². The maximum Gasteiger partial charge on any atom is 0.169 e. The van der Waals surface area contributed by atoms with Gasteiger partial charge in [0.25, 0.3) is 0 Å². The van der Waals surface area contributed by atoms with Crippen LogP contribution in [0.1, 0.15) is 23.2 Å². The number of hydrogen-bond donors (Lipinski definition) is 1. The van der Waals surface area contributed by atoms with E-state index in [1.807, 2.05) is 0 Å². The van der Waals surface area contributed by atoms with Crippen molar-refractivity contribution >= 4 is 17.4 Å². The monoisotopic (exact) mass is 283 g/mol. The first-order chi connectivity index (χ1) is 9.17. The highest BCUT2D eigenvalue weighted by atomic mass is 35.5. The SMILES string of the molecule is COc1cc(OC)c(C(=O)C2CCNCC2)cc1Cl. The summed E-state index contributed by atoms with van der Waals surface area (Å²) in [6, 6.07) is 3.31. The quantitative estimate of drug-likeness (QED) is 0.863. The topological polar surface area (TPSA) is 47.6 Å². The molecule has 1 heterocycles. The molecule has 1 aliphatic heterocycles. The molecule has 0 amide bonds. The number of hydrogen-bond acceptors (Lipinski definition) is 4. The van der Waals surface area contributed by atoms with Crippen LogP contribution < -0.4 is 14.8 Å². The van der Waals surface area contributed by atoms with Crippen LogP contribution in [0.15, 0.2) is 12.1 Å². The second-order valence-corrected chi connectivity index (χ2v) is 4.98. The molecule has 19 heavy (non-hydrogen) atoms. The Hall–Kier alpha value is -1.26. The lowest BCUT2D eigenvalue weighted by molar-refractivity contribution is 0.0892. The molecule has 1 N–H and O–H groups in total. The molecule has 1 saturated heterocycles. The third-order valence-electron chi connectivity index (χ3n) is 3.45. The number of carbonyl (C=O) groups is 1. The Labute approximate surface area is 118 Å². The van der Waals surface area contributed by atoms with Crippen molar-refractivity contribution in [3.63, 3.8) is 0 Å². The van der Waals surface area contributed by atoms with Gasteiger partial charge in [0.1, 0.15) is 11.5 Å². The van der Waals surface area contributed by atoms with Gasteiger partial charge < -0.3 is 14.8 Å². The summed E-state index contributed by atoms with van der Waals surface area (Å²) >= 11 is 6.10. The Bertz CT molecular complexity index is 470. The molecule has 0 bridgehead atoms. The second-order valence-electron chi connectivity index (χ2n) is 4.58. The van der Waals surface area contributed by atoms with E-state index in [9.17, 15) is 4.79 Å². The Morgan fingerprint density at radius 1 is 1.21 bits per heavy atom. The minimum Gasteiger partial charge on any atom is -0.496 e. The summed E-state index contributed by atoms with van der Waals surface area (Å²) in [5.74, 6) is 1.17. The summed E-state index contributed by atoms with van der Waals surface area (Å²) in [5.41, 5.74) is 0.542. The number of piperidine rings is 1. The van der Waals surface area contributed by atoms with Crippen LogP contribution in [-0.4, -0.2) is 33.1 Å². The number of methoxy groups -OCH3 is 2. The van der Waals surface area contributed by atoms with Crippen LogP contribution in [0, 0.1) is 5.92 Å². The first-order valence-electron chi connectivity index (χ1n) is 6.33. The Morgan fingerprint density at radius 2 is 1.84 bits per heavy atom. The third-order valence-corrected chi connectivity index (χ3v) is 3.74. The first kappa shape index (κ1) is 14.2. The van der Waals surface area contributed by atoms with Crippen molar-refractivity contribution in [2.24, 2.45) is 5.92 Å². The molecule has 1 fully saturated rings. The highest BCUT2D eigenvalue weighted by Gasteiger charge is 2.25. The van der Waals surface area contributed by atoms with E-state index in [0.29, 0.717) is 22.1 Å². The zero-order chi connectivity index (χ0) is 13.8. The van der Waals surface area contributed by atoms with Crippen molar-refractivity contribution in [3.05, 3.63) is 22.7 Å². The number of Topliss-reactive ketones (excluding diaryl/α,β-unsaturated/α-hetero) is 1. The number of ether oxygens (including phenoxy) is 2. The minimum absolute atomic E-state index is 0.0413. The lowest BCUT2D eigenvalue weighted by Gasteiger charge is -2.22. The van der Waals surface area contributed by atoms with Crippen LogP contribution in [-0.2, 0) is 0 Å². The highest BCUT2D eigenvalue weighted by molar-refractivity contribution is 6.32. The van der Waals surface area contributed by atoms with Gasteiger partial charge in [0.05, 0.1) is 24.8 Å². The van der Waals surface area contributed by atoms with Crippen LogP contribution >= 0.6 is 11.6 Å². The zero-order valence-corrected chi connectivity index (χ0v) is 11.9. The number of nitrogens with one attached hydrogen (secondary N) is 1. The Morgan fingerprint density at radius 3 is 2.42 bits per heavy atom. The predicted molar refractivity (Wildman–Crippen MR) is 74.5 cm³/mol. The molecule has 1 aromatic rings. The van der Waals surface area contributed by atoms with Crippen molar-refractivity contribution in [3.8, 4) is 11.5 Å². The van der Waals surface area contributed by atoms with Crippen molar-refractivity contribution in [2.45, 2.75) is 12.8 Å². The second kappa shape index (κ2) is 6.26. The van der Waals surface area contributed by atoms with Crippen molar-refractivity contribution in [2.75, 3.05) is 27.3 Å². The number of benzene rings is 1. The minimum atomic E-state index is 0.0413. The van der Waals surface area contributed by atoms with Crippen LogP contribution in [0.3, 0.4) is 0 Å². The van der Waals surface area contributed by atoms with E-state index < -0.39 is 0 Å². The van der Waals surface area contributed by atoms with E-state index in [0.717, 1.165) is 25.9 Å². The van der Waals surface area contributed by atoms with Crippen molar-refractivity contribution in [1.29, 1.82) is 0 Å². The van der Waals surface area contributed by atoms with E-state index in [1.165, 1.54) is 7.11 Å². The molecular weight excluding hydrogens is 266 g/mol. The van der Waals surface area contributed by atoms with Crippen LogP contribution in [0.2, 0.25) is 5.02 Å². The van der Waals surface area contributed by atoms with Gasteiger partial charge in [-0.3, -0.25) is 4.79 Å². The van der Waals surface area contributed by atoms with Gasteiger partial charge in [-0.2, -0.15) is 0 Å². The number of halogens is 1. The molecule has 0 aromatic heterocycles. The summed E-state index contributed by atoms with van der Waals surface area (Å²) in [6.45, 7) is 1.76. The first-order valence-corrected chi connectivity index (χ1v) is 6.71. The van der Waals surface area contributed by atoms with E-state index in [1.54, 1.807) is 19.2 Å². The summed E-state index contributed by atoms with van der Waals surface area (Å²) < 4.78 is 10.4. The summed E-state index contributed by atoms with van der Waals surface area (Å²) in [5, 5.41) is 3.68. The molecule has 104 valence electrons. The molecule has 5 heteroatoms. The summed E-state index contributed by atoms with van der Waals surface area (Å²) in [4.78, 5) is 12.5. The molecular formula is C14H18ClNO3. The van der Waals surface area contributed by atoms with Crippen LogP contribution in [0.4, 0.5) is 0 Å². The van der Waals surface area contributed by atoms with Crippen LogP contribution in [0.25, 0.3) is 0 Å². The van der Waals surface area contributed by atoms with Gasteiger partial charge in [0.2, 0.25) is 0 Å². The Kier molecular flexibility index (Phi) is 4.66. The molecule has 1 aliphatic rings. The molecule has 2 rings (SSSR count). The summed E-state index contributed by atoms with van der Waals surface area (Å²) in [7, 11) is 3.08. The molecule has 0 saturated carbocycles. The molecule has 0 radical (unpaired) electrons. The molecule has 4 nitrogen and oxygen atoms in total. The zero-order valence-electron chi connectivity index (χ0n) is 11.2. The number of carbonyl (C=O) groups excluding carboxylic acids is 1. The van der Waals surface area contributed by atoms with E-state index >= 15 is 0 Å². The maximum absolute atomic E-state index is 12.5. The van der Waals surface area contributed by atoms with Crippen molar-refractivity contribution < 1.29 is 14.3 Å². The van der Waals surface area contributed by atoms with E-state index in [2.05, 4.69) is 5.32 Å². The molecule has 0 atom stereocenters. The fraction of sp³-hybridized carbons (Fsp3) is 0.500. The van der Waals surface area contributed by atoms with Crippen LogP contribution in [0.5, 0.6) is 11.5 Å². The van der Waals surface area contributed by atoms with Gasteiger partial charge in [-0.15, -0.1) is 0 Å². The smallest absolute Gasteiger partial charge is 0.169 e. The van der Waals surface area contributed by atoms with Gasteiger partial charge in [-0.1, -0.05) is 11.6 Å². The van der Waals surface area contributed by atoms with E-state index in [-0.39, 0.29) is 11.7 Å². The van der Waals surface area contributed by atoms with Crippen molar-refractivity contribution in [1.82, 2.24) is 5.32 Å². The standard InChI is InChI=1S/C14H18ClNO3/c1-18-12-8-13(19-2)11(15)7-10(12)14(17)9-3-5-16-6-4-9/h7-9,16H,3-6H2,1-2H3.